The van der Waals surface area contributed by atoms with Crippen LogP contribution in [0.4, 0.5) is 17.1 Å². The molecule has 0 aliphatic rings. The standard InChI is InChI=1S/C36H29N.C2H6/c1-3-14-28(4-2)29-21-23-33(24-22-29)37(32-19-12-7-13-20-32)34-25-26-35(30-15-8-5-9-16-30)36(27-34)31-17-10-6-11-18-31;1-2/h3-27H,1-2H2;1-2H3/b28-14+;. The van der Waals surface area contributed by atoms with Crippen molar-refractivity contribution >= 4 is 22.6 Å². The molecule has 0 radical (unpaired) electrons. The Morgan fingerprint density at radius 3 is 1.56 bits per heavy atom. The normalized spacial score (nSPS) is 10.7. The summed E-state index contributed by atoms with van der Waals surface area (Å²) in [5.41, 5.74) is 10.3. The van der Waals surface area contributed by atoms with Gasteiger partial charge < -0.3 is 4.90 Å². The molecule has 0 heterocycles. The zero-order valence-electron chi connectivity index (χ0n) is 22.8. The maximum Gasteiger partial charge on any atom is 0.0468 e. The third-order valence-corrected chi connectivity index (χ3v) is 6.42. The summed E-state index contributed by atoms with van der Waals surface area (Å²) in [4.78, 5) is 2.30. The van der Waals surface area contributed by atoms with Gasteiger partial charge in [-0.25, -0.2) is 0 Å². The van der Waals surface area contributed by atoms with Crippen molar-refractivity contribution in [3.8, 4) is 22.3 Å². The molecule has 0 saturated heterocycles. The fraction of sp³-hybridized carbons (Fsp3) is 0.0526. The van der Waals surface area contributed by atoms with E-state index >= 15 is 0 Å². The van der Waals surface area contributed by atoms with Gasteiger partial charge in [-0.3, -0.25) is 0 Å². The summed E-state index contributed by atoms with van der Waals surface area (Å²) < 4.78 is 0. The predicted octanol–water partition coefficient (Wildman–Crippen LogP) is 11.3. The van der Waals surface area contributed by atoms with Crippen LogP contribution < -0.4 is 4.90 Å². The number of para-hydroxylation sites is 1. The highest BCUT2D eigenvalue weighted by Gasteiger charge is 2.16. The van der Waals surface area contributed by atoms with Gasteiger partial charge in [0.1, 0.15) is 0 Å². The molecule has 5 aromatic carbocycles. The van der Waals surface area contributed by atoms with Gasteiger partial charge in [-0.15, -0.1) is 0 Å². The molecular weight excluding hydrogens is 470 g/mol. The van der Waals surface area contributed by atoms with Crippen LogP contribution in [-0.4, -0.2) is 0 Å². The number of anilines is 3. The maximum atomic E-state index is 3.95. The van der Waals surface area contributed by atoms with Crippen LogP contribution in [0.25, 0.3) is 27.8 Å². The van der Waals surface area contributed by atoms with E-state index in [1.165, 1.54) is 22.3 Å². The molecule has 0 bridgehead atoms. The monoisotopic (exact) mass is 505 g/mol. The fourth-order valence-electron chi connectivity index (χ4n) is 4.63. The molecule has 39 heavy (non-hydrogen) atoms. The molecule has 5 rings (SSSR count). The number of benzene rings is 5. The number of hydrogen-bond donors (Lipinski definition) is 0. The van der Waals surface area contributed by atoms with Crippen LogP contribution in [0.1, 0.15) is 19.4 Å². The lowest BCUT2D eigenvalue weighted by molar-refractivity contribution is 1.28. The Morgan fingerprint density at radius 2 is 1.03 bits per heavy atom. The first-order valence-corrected chi connectivity index (χ1v) is 13.4. The van der Waals surface area contributed by atoms with Crippen LogP contribution in [0.3, 0.4) is 0 Å². The lowest BCUT2D eigenvalue weighted by atomic mass is 9.93. The van der Waals surface area contributed by atoms with Gasteiger partial charge in [0.2, 0.25) is 0 Å². The molecular formula is C38H35N. The molecule has 0 spiro atoms. The Balaban J connectivity index is 0.00000172. The zero-order valence-corrected chi connectivity index (χ0v) is 22.8. The molecule has 0 N–H and O–H groups in total. The first-order valence-electron chi connectivity index (χ1n) is 13.4. The van der Waals surface area contributed by atoms with Crippen molar-refractivity contribution in [2.24, 2.45) is 0 Å². The minimum Gasteiger partial charge on any atom is -0.310 e. The minimum absolute atomic E-state index is 1.05. The van der Waals surface area contributed by atoms with Crippen LogP contribution in [-0.2, 0) is 0 Å². The third-order valence-electron chi connectivity index (χ3n) is 6.42. The second-order valence-corrected chi connectivity index (χ2v) is 8.74. The van der Waals surface area contributed by atoms with Crippen LogP contribution in [0, 0.1) is 0 Å². The van der Waals surface area contributed by atoms with Crippen molar-refractivity contribution in [1.82, 2.24) is 0 Å². The van der Waals surface area contributed by atoms with E-state index < -0.39 is 0 Å². The van der Waals surface area contributed by atoms with Crippen molar-refractivity contribution in [2.75, 3.05) is 4.90 Å². The van der Waals surface area contributed by atoms with E-state index in [4.69, 9.17) is 0 Å². The molecule has 192 valence electrons. The average Bonchev–Trinajstić information content (AvgIpc) is 3.03. The van der Waals surface area contributed by atoms with Crippen LogP contribution in [0.15, 0.2) is 165 Å². The summed E-state index contributed by atoms with van der Waals surface area (Å²) in [6, 6.07) is 47.0. The van der Waals surface area contributed by atoms with E-state index in [2.05, 4.69) is 152 Å². The number of nitrogens with zero attached hydrogens (tertiary/aromatic N) is 1. The lowest BCUT2D eigenvalue weighted by Gasteiger charge is -2.27. The quantitative estimate of drug-likeness (QED) is 0.190. The molecule has 0 aliphatic heterocycles. The third kappa shape index (κ3) is 6.34. The Hall–Kier alpha value is -4.88. The van der Waals surface area contributed by atoms with Gasteiger partial charge in [0.05, 0.1) is 0 Å². The molecule has 0 atom stereocenters. The van der Waals surface area contributed by atoms with Crippen molar-refractivity contribution in [3.05, 3.63) is 170 Å². The second-order valence-electron chi connectivity index (χ2n) is 8.74. The maximum absolute atomic E-state index is 3.95. The topological polar surface area (TPSA) is 3.24 Å². The summed E-state index contributed by atoms with van der Waals surface area (Å²) in [5, 5.41) is 0. The SMILES string of the molecule is C=C/C=C(\C=C)c1ccc(N(c2ccccc2)c2ccc(-c3ccccc3)c(-c3ccccc3)c2)cc1.CC. The summed E-state index contributed by atoms with van der Waals surface area (Å²) in [7, 11) is 0. The van der Waals surface area contributed by atoms with Crippen molar-refractivity contribution < 1.29 is 0 Å². The van der Waals surface area contributed by atoms with Crippen LogP contribution in [0.5, 0.6) is 0 Å². The molecule has 0 unspecified atom stereocenters. The molecule has 0 saturated carbocycles. The number of hydrogen-bond acceptors (Lipinski definition) is 1. The van der Waals surface area contributed by atoms with E-state index in [-0.39, 0.29) is 0 Å². The Labute approximate surface area is 233 Å². The fourth-order valence-corrected chi connectivity index (χ4v) is 4.63. The molecule has 1 heteroatoms. The highest BCUT2D eigenvalue weighted by molar-refractivity contribution is 5.89. The molecule has 0 fully saturated rings. The highest BCUT2D eigenvalue weighted by atomic mass is 15.1. The van der Waals surface area contributed by atoms with Crippen molar-refractivity contribution in [3.63, 3.8) is 0 Å². The molecule has 5 aromatic rings. The van der Waals surface area contributed by atoms with E-state index in [9.17, 15) is 0 Å². The molecule has 0 amide bonds. The summed E-state index contributed by atoms with van der Waals surface area (Å²) >= 11 is 0. The van der Waals surface area contributed by atoms with Crippen LogP contribution >= 0.6 is 0 Å². The average molecular weight is 506 g/mol. The molecule has 0 aromatic heterocycles. The molecule has 1 nitrogen and oxygen atoms in total. The first-order chi connectivity index (χ1) is 19.3. The van der Waals surface area contributed by atoms with Gasteiger partial charge in [0.25, 0.3) is 0 Å². The van der Waals surface area contributed by atoms with Crippen molar-refractivity contribution in [2.45, 2.75) is 13.8 Å². The predicted molar refractivity (Wildman–Crippen MR) is 172 cm³/mol. The minimum atomic E-state index is 1.05. The Bertz CT molecular complexity index is 1510. The largest absolute Gasteiger partial charge is 0.310 e. The van der Waals surface area contributed by atoms with E-state index in [0.717, 1.165) is 28.2 Å². The van der Waals surface area contributed by atoms with Gasteiger partial charge in [-0.1, -0.05) is 142 Å². The van der Waals surface area contributed by atoms with Gasteiger partial charge in [-0.05, 0) is 69.8 Å². The lowest BCUT2D eigenvalue weighted by Crippen LogP contribution is -2.10. The Morgan fingerprint density at radius 1 is 0.538 bits per heavy atom. The van der Waals surface area contributed by atoms with Gasteiger partial charge in [0, 0.05) is 17.1 Å². The van der Waals surface area contributed by atoms with E-state index in [0.29, 0.717) is 0 Å². The summed E-state index contributed by atoms with van der Waals surface area (Å²) in [5.74, 6) is 0. The van der Waals surface area contributed by atoms with Crippen molar-refractivity contribution in [1.29, 1.82) is 0 Å². The number of rotatable bonds is 8. The van der Waals surface area contributed by atoms with E-state index in [1.54, 1.807) is 6.08 Å². The summed E-state index contributed by atoms with van der Waals surface area (Å²) in [6.45, 7) is 11.8. The Kier molecular flexibility index (Phi) is 9.47. The zero-order chi connectivity index (χ0) is 27.5. The smallest absolute Gasteiger partial charge is 0.0468 e. The second kappa shape index (κ2) is 13.6. The van der Waals surface area contributed by atoms with Crippen LogP contribution in [0.2, 0.25) is 0 Å². The van der Waals surface area contributed by atoms with Gasteiger partial charge >= 0.3 is 0 Å². The summed E-state index contributed by atoms with van der Waals surface area (Å²) in [6.07, 6.45) is 5.63. The first kappa shape index (κ1) is 27.2. The van der Waals surface area contributed by atoms with Gasteiger partial charge in [-0.2, -0.15) is 0 Å². The molecule has 0 aliphatic carbocycles. The van der Waals surface area contributed by atoms with E-state index in [1.807, 2.05) is 26.0 Å². The number of allylic oxidation sites excluding steroid dienone is 4. The highest BCUT2D eigenvalue weighted by Crippen LogP contribution is 2.40. The van der Waals surface area contributed by atoms with Gasteiger partial charge in [0.15, 0.2) is 0 Å².